The van der Waals surface area contributed by atoms with E-state index in [4.69, 9.17) is 4.74 Å². The van der Waals surface area contributed by atoms with Crippen molar-refractivity contribution in [3.8, 4) is 11.6 Å². The Morgan fingerprint density at radius 1 is 1.24 bits per heavy atom. The van der Waals surface area contributed by atoms with Gasteiger partial charge in [-0.25, -0.2) is 4.98 Å². The number of para-hydroxylation sites is 1. The summed E-state index contributed by atoms with van der Waals surface area (Å²) in [6, 6.07) is 16.2. The van der Waals surface area contributed by atoms with Crippen LogP contribution in [0, 0.1) is 6.07 Å². The molecule has 0 aliphatic rings. The fraction of sp³-hybridized carbons (Fsp3) is 0.154. The molecule has 0 atom stereocenters. The molecule has 1 aromatic heterocycles. The zero-order valence-corrected chi connectivity index (χ0v) is 12.0. The van der Waals surface area contributed by atoms with Gasteiger partial charge in [0, 0.05) is 18.4 Å². The van der Waals surface area contributed by atoms with E-state index >= 15 is 0 Å². The number of aromatic nitrogens is 1. The minimum absolute atomic E-state index is 0. The normalized spacial score (nSPS) is 9.47. The van der Waals surface area contributed by atoms with Crippen molar-refractivity contribution in [2.45, 2.75) is 6.54 Å². The second kappa shape index (κ2) is 7.16. The standard InChI is InChI=1S/C13H13N2O.Os/c1-14-10-11-6-5-9-13(15-11)16-12-7-3-2-4-8-12;/h2-7,9,14H,10H2,1H3;/q-1;+1. The van der Waals surface area contributed by atoms with Crippen LogP contribution in [0.15, 0.2) is 42.5 Å². The van der Waals surface area contributed by atoms with E-state index in [9.17, 15) is 0 Å². The predicted octanol–water partition coefficient (Wildman–Crippen LogP) is 2.39. The molecular formula is C13H13N2OOs. The molecular weight excluding hydrogens is 390 g/mol. The zero-order valence-electron chi connectivity index (χ0n) is 9.46. The Morgan fingerprint density at radius 2 is 2.12 bits per heavy atom. The molecule has 1 heterocycles. The molecule has 2 rings (SSSR count). The maximum atomic E-state index is 5.57. The first-order valence-corrected chi connectivity index (χ1v) is 5.13. The smallest absolute Gasteiger partial charge is 0.466 e. The van der Waals surface area contributed by atoms with Gasteiger partial charge in [0.15, 0.2) is 0 Å². The predicted molar refractivity (Wildman–Crippen MR) is 62.4 cm³/mol. The van der Waals surface area contributed by atoms with Crippen LogP contribution in [-0.4, -0.2) is 12.0 Å². The van der Waals surface area contributed by atoms with Crippen molar-refractivity contribution < 1.29 is 24.5 Å². The average molecular weight is 403 g/mol. The van der Waals surface area contributed by atoms with Crippen molar-refractivity contribution in [2.75, 3.05) is 7.05 Å². The first-order chi connectivity index (χ1) is 7.88. The minimum atomic E-state index is 0. The fourth-order valence-corrected chi connectivity index (χ4v) is 1.35. The van der Waals surface area contributed by atoms with Crippen LogP contribution >= 0.6 is 0 Å². The number of nitrogens with zero attached hydrogens (tertiary/aromatic N) is 1. The summed E-state index contributed by atoms with van der Waals surface area (Å²) in [4.78, 5) is 4.35. The van der Waals surface area contributed by atoms with Gasteiger partial charge < -0.3 is 10.1 Å². The van der Waals surface area contributed by atoms with Crippen molar-refractivity contribution >= 4 is 0 Å². The number of benzene rings is 1. The van der Waals surface area contributed by atoms with Crippen LogP contribution in [0.1, 0.15) is 5.69 Å². The fourth-order valence-electron chi connectivity index (χ4n) is 1.35. The molecule has 89 valence electrons. The maximum Gasteiger partial charge on any atom is 1.00 e. The largest absolute Gasteiger partial charge is 1.00 e. The molecule has 0 fully saturated rings. The average Bonchev–Trinajstić information content (AvgIpc) is 2.31. The summed E-state index contributed by atoms with van der Waals surface area (Å²) in [6.07, 6.45) is 0. The molecule has 0 aliphatic carbocycles. The maximum absolute atomic E-state index is 5.57. The van der Waals surface area contributed by atoms with Crippen molar-refractivity contribution in [2.24, 2.45) is 0 Å². The SMILES string of the molecule is CNCc1cccc(Oc2[c-]cccc2)n1.[Os+]. The number of pyridine rings is 1. The molecule has 1 aromatic carbocycles. The Labute approximate surface area is 114 Å². The second-order valence-corrected chi connectivity index (χ2v) is 3.33. The Hall–Kier alpha value is -1.23. The first-order valence-electron chi connectivity index (χ1n) is 5.13. The van der Waals surface area contributed by atoms with E-state index in [1.54, 1.807) is 0 Å². The molecule has 0 saturated carbocycles. The van der Waals surface area contributed by atoms with E-state index in [-0.39, 0.29) is 19.8 Å². The van der Waals surface area contributed by atoms with E-state index in [0.717, 1.165) is 12.2 Å². The Morgan fingerprint density at radius 3 is 2.82 bits per heavy atom. The quantitative estimate of drug-likeness (QED) is 0.796. The summed E-state index contributed by atoms with van der Waals surface area (Å²) in [7, 11) is 1.89. The third-order valence-corrected chi connectivity index (χ3v) is 2.03. The summed E-state index contributed by atoms with van der Waals surface area (Å²) in [6.45, 7) is 0.732. The van der Waals surface area contributed by atoms with Crippen molar-refractivity contribution in [1.82, 2.24) is 10.3 Å². The van der Waals surface area contributed by atoms with Gasteiger partial charge in [0.25, 0.3) is 0 Å². The molecule has 0 unspecified atom stereocenters. The third-order valence-electron chi connectivity index (χ3n) is 2.03. The zero-order chi connectivity index (χ0) is 11.2. The second-order valence-electron chi connectivity index (χ2n) is 3.33. The van der Waals surface area contributed by atoms with Gasteiger partial charge in [-0.3, -0.25) is 0 Å². The molecule has 0 spiro atoms. The number of hydrogen-bond donors (Lipinski definition) is 1. The number of hydrogen-bond acceptors (Lipinski definition) is 3. The van der Waals surface area contributed by atoms with E-state index < -0.39 is 0 Å². The van der Waals surface area contributed by atoms with Crippen LogP contribution in [0.3, 0.4) is 0 Å². The van der Waals surface area contributed by atoms with Crippen LogP contribution in [0.4, 0.5) is 0 Å². The molecule has 4 heteroatoms. The van der Waals surface area contributed by atoms with E-state index in [2.05, 4.69) is 16.4 Å². The van der Waals surface area contributed by atoms with Gasteiger partial charge in [0.2, 0.25) is 5.88 Å². The summed E-state index contributed by atoms with van der Waals surface area (Å²) in [5, 5.41) is 3.05. The minimum Gasteiger partial charge on any atom is -0.466 e. The van der Waals surface area contributed by atoms with Crippen LogP contribution in [0.2, 0.25) is 0 Å². The van der Waals surface area contributed by atoms with Crippen molar-refractivity contribution in [1.29, 1.82) is 0 Å². The molecule has 0 bridgehead atoms. The molecule has 17 heavy (non-hydrogen) atoms. The van der Waals surface area contributed by atoms with Gasteiger partial charge in [-0.15, -0.1) is 12.1 Å². The van der Waals surface area contributed by atoms with Crippen LogP contribution in [0.5, 0.6) is 11.6 Å². The molecule has 2 aromatic rings. The molecule has 3 nitrogen and oxygen atoms in total. The molecule has 0 saturated heterocycles. The molecule has 1 N–H and O–H groups in total. The summed E-state index contributed by atoms with van der Waals surface area (Å²) in [5.41, 5.74) is 0.955. The molecule has 0 amide bonds. The van der Waals surface area contributed by atoms with Gasteiger partial charge in [-0.1, -0.05) is 6.07 Å². The van der Waals surface area contributed by atoms with Gasteiger partial charge in [-0.2, -0.15) is 18.2 Å². The van der Waals surface area contributed by atoms with Gasteiger partial charge in [-0.05, 0) is 13.1 Å². The Kier molecular flexibility index (Phi) is 5.83. The van der Waals surface area contributed by atoms with E-state index in [1.807, 2.05) is 49.5 Å². The topological polar surface area (TPSA) is 34.1 Å². The van der Waals surface area contributed by atoms with Crippen LogP contribution in [0.25, 0.3) is 0 Å². The number of rotatable bonds is 4. The Bertz CT molecular complexity index is 448. The van der Waals surface area contributed by atoms with Gasteiger partial charge >= 0.3 is 19.8 Å². The molecule has 0 aliphatic heterocycles. The Balaban J connectivity index is 0.00000144. The van der Waals surface area contributed by atoms with Crippen molar-refractivity contribution in [3.05, 3.63) is 54.2 Å². The first kappa shape index (κ1) is 13.8. The van der Waals surface area contributed by atoms with Crippen LogP contribution < -0.4 is 10.1 Å². The summed E-state index contributed by atoms with van der Waals surface area (Å²) >= 11 is 0. The monoisotopic (exact) mass is 405 g/mol. The third kappa shape index (κ3) is 4.26. The summed E-state index contributed by atoms with van der Waals surface area (Å²) in [5.74, 6) is 1.27. The number of ether oxygens (including phenoxy) is 1. The van der Waals surface area contributed by atoms with E-state index in [1.165, 1.54) is 0 Å². The number of nitrogens with one attached hydrogen (secondary N) is 1. The molecule has 1 radical (unpaired) electrons. The van der Waals surface area contributed by atoms with Gasteiger partial charge in [0.1, 0.15) is 0 Å². The van der Waals surface area contributed by atoms with Gasteiger partial charge in [0.05, 0.1) is 5.69 Å². The van der Waals surface area contributed by atoms with Crippen LogP contribution in [-0.2, 0) is 26.3 Å². The summed E-state index contributed by atoms with van der Waals surface area (Å²) < 4.78 is 5.57. The van der Waals surface area contributed by atoms with Crippen molar-refractivity contribution in [3.63, 3.8) is 0 Å². The van der Waals surface area contributed by atoms with E-state index in [0.29, 0.717) is 11.6 Å².